The third-order valence-corrected chi connectivity index (χ3v) is 8.14. The van der Waals surface area contributed by atoms with Gasteiger partial charge in [-0.25, -0.2) is 4.99 Å². The Morgan fingerprint density at radius 3 is 2.12 bits per heavy atom. The summed E-state index contributed by atoms with van der Waals surface area (Å²) in [7, 11) is 0. The molecule has 0 radical (unpaired) electrons. The average Bonchev–Trinajstić information content (AvgIpc) is 3.37. The number of rotatable bonds is 7. The number of hydrogen-bond donors (Lipinski definition) is 0. The van der Waals surface area contributed by atoms with Crippen molar-refractivity contribution in [2.45, 2.75) is 38.5 Å². The molecule has 41 heavy (non-hydrogen) atoms. The van der Waals surface area contributed by atoms with Crippen LogP contribution in [0, 0.1) is 0 Å². The Kier molecular flexibility index (Phi) is 7.81. The Morgan fingerprint density at radius 2 is 1.49 bits per heavy atom. The van der Waals surface area contributed by atoms with Gasteiger partial charge in [0.25, 0.3) is 0 Å². The molecule has 2 heterocycles. The average molecular weight is 599 g/mol. The van der Waals surface area contributed by atoms with Crippen LogP contribution in [0.4, 0.5) is 17.6 Å². The summed E-state index contributed by atoms with van der Waals surface area (Å²) in [6.45, 7) is -5.78. The van der Waals surface area contributed by atoms with Crippen LogP contribution in [-0.2, 0) is 0 Å². The maximum atomic E-state index is 12.8. The Balaban J connectivity index is 1.41. The summed E-state index contributed by atoms with van der Waals surface area (Å²) in [4.78, 5) is 7.31. The number of nitrogens with zero attached hydrogens (tertiary/aromatic N) is 2. The molecule has 1 atom stereocenters. The Bertz CT molecular complexity index is 1550. The van der Waals surface area contributed by atoms with E-state index in [9.17, 15) is 17.6 Å². The largest absolute Gasteiger partial charge is 0.435 e. The molecule has 0 aromatic heterocycles. The minimum Gasteiger partial charge on any atom is -0.435 e. The summed E-state index contributed by atoms with van der Waals surface area (Å²) in [5.41, 5.74) is 6.78. The number of thioether (sulfide) groups is 1. The van der Waals surface area contributed by atoms with Crippen molar-refractivity contribution >= 4 is 40.3 Å². The summed E-state index contributed by atoms with van der Waals surface area (Å²) in [6.07, 6.45) is 4.54. The molecule has 210 valence electrons. The number of fused-ring (bicyclic) bond motifs is 1. The highest BCUT2D eigenvalue weighted by Crippen LogP contribution is 2.51. The molecule has 0 amide bonds. The lowest BCUT2D eigenvalue weighted by Gasteiger charge is -2.40. The Morgan fingerprint density at radius 1 is 0.854 bits per heavy atom. The standard InChI is InChI=1S/C31H23ClF4N2O2S/c32-22-10-6-19(7-11-22)26-17-41-31-37-27-21(16-18-4-12-23(13-5-18)39-29(33)34)2-1-3-25(27)28(38(26)31)20-8-14-24(15-9-20)40-30(35)36/h4-17,28-30H,1-3H2. The second-order valence-electron chi connectivity index (χ2n) is 9.59. The zero-order valence-electron chi connectivity index (χ0n) is 21.4. The van der Waals surface area contributed by atoms with Crippen LogP contribution in [0.5, 0.6) is 11.5 Å². The molecule has 4 nitrogen and oxygen atoms in total. The number of halogens is 5. The second-order valence-corrected chi connectivity index (χ2v) is 10.9. The van der Waals surface area contributed by atoms with E-state index in [1.54, 1.807) is 24.3 Å². The van der Waals surface area contributed by atoms with Gasteiger partial charge >= 0.3 is 13.2 Å². The molecule has 3 aromatic carbocycles. The summed E-state index contributed by atoms with van der Waals surface area (Å²) in [6, 6.07) is 20.7. The predicted octanol–water partition coefficient (Wildman–Crippen LogP) is 9.52. The fourth-order valence-electron chi connectivity index (χ4n) is 5.33. The topological polar surface area (TPSA) is 34.1 Å². The van der Waals surface area contributed by atoms with Crippen molar-refractivity contribution in [1.82, 2.24) is 4.90 Å². The molecule has 0 bridgehead atoms. The van der Waals surface area contributed by atoms with Crippen molar-refractivity contribution in [3.8, 4) is 11.5 Å². The van der Waals surface area contributed by atoms with Crippen LogP contribution in [0.1, 0.15) is 42.0 Å². The highest BCUT2D eigenvalue weighted by molar-refractivity contribution is 8.16. The molecule has 0 fully saturated rings. The number of hydrogen-bond acceptors (Lipinski definition) is 5. The van der Waals surface area contributed by atoms with E-state index < -0.39 is 13.2 Å². The molecule has 1 aliphatic carbocycles. The number of aliphatic imine (C=N–C) groups is 1. The van der Waals surface area contributed by atoms with Gasteiger partial charge in [0.2, 0.25) is 0 Å². The highest BCUT2D eigenvalue weighted by atomic mass is 35.5. The van der Waals surface area contributed by atoms with E-state index in [0.29, 0.717) is 5.02 Å². The lowest BCUT2D eigenvalue weighted by molar-refractivity contribution is -0.0505. The molecule has 3 aromatic rings. The first-order valence-electron chi connectivity index (χ1n) is 12.9. The van der Waals surface area contributed by atoms with E-state index in [1.807, 2.05) is 42.5 Å². The predicted molar refractivity (Wildman–Crippen MR) is 154 cm³/mol. The fourth-order valence-corrected chi connectivity index (χ4v) is 6.38. The molecule has 3 aliphatic rings. The molecule has 0 N–H and O–H groups in total. The first kappa shape index (κ1) is 27.5. The van der Waals surface area contributed by atoms with E-state index in [-0.39, 0.29) is 17.5 Å². The molecule has 0 saturated carbocycles. The summed E-state index contributed by atoms with van der Waals surface area (Å²) >= 11 is 7.68. The van der Waals surface area contributed by atoms with Crippen LogP contribution >= 0.6 is 23.4 Å². The zero-order valence-corrected chi connectivity index (χ0v) is 23.0. The van der Waals surface area contributed by atoms with Crippen molar-refractivity contribution in [1.29, 1.82) is 0 Å². The quantitative estimate of drug-likeness (QED) is 0.254. The molecule has 0 saturated heterocycles. The van der Waals surface area contributed by atoms with E-state index in [4.69, 9.17) is 16.6 Å². The Labute approximate surface area is 243 Å². The zero-order chi connectivity index (χ0) is 28.5. The minimum atomic E-state index is -2.90. The third-order valence-electron chi connectivity index (χ3n) is 7.05. The van der Waals surface area contributed by atoms with Gasteiger partial charge in [-0.05, 0) is 89.6 Å². The molecule has 2 aliphatic heterocycles. The normalized spacial score (nSPS) is 19.3. The highest BCUT2D eigenvalue weighted by Gasteiger charge is 2.40. The maximum absolute atomic E-state index is 12.8. The summed E-state index contributed by atoms with van der Waals surface area (Å²) in [5, 5.41) is 3.51. The molecule has 0 spiro atoms. The van der Waals surface area contributed by atoms with Gasteiger partial charge in [0.1, 0.15) is 11.5 Å². The number of alkyl halides is 4. The van der Waals surface area contributed by atoms with Crippen molar-refractivity contribution in [3.05, 3.63) is 117 Å². The Hall–Kier alpha value is -3.69. The second kappa shape index (κ2) is 11.7. The SMILES string of the molecule is FC(F)Oc1ccc(C=C2CCCC3=C2N=C2SC=C(c4ccc(Cl)cc4)N2C3c2ccc(OC(F)F)cc2)cc1. The minimum absolute atomic E-state index is 0.0930. The van der Waals surface area contributed by atoms with Gasteiger partial charge < -0.3 is 14.4 Å². The third kappa shape index (κ3) is 5.87. The van der Waals surface area contributed by atoms with Gasteiger partial charge in [0.15, 0.2) is 5.17 Å². The van der Waals surface area contributed by atoms with Gasteiger partial charge in [-0.3, -0.25) is 0 Å². The maximum Gasteiger partial charge on any atom is 0.387 e. The molecular formula is C31H23ClF4N2O2S. The summed E-state index contributed by atoms with van der Waals surface area (Å²) < 4.78 is 59.9. The van der Waals surface area contributed by atoms with Gasteiger partial charge in [-0.2, -0.15) is 17.6 Å². The van der Waals surface area contributed by atoms with Crippen molar-refractivity contribution in [2.75, 3.05) is 0 Å². The van der Waals surface area contributed by atoms with Gasteiger partial charge in [-0.15, -0.1) is 0 Å². The number of ether oxygens (including phenoxy) is 2. The number of allylic oxidation sites excluding steroid dienone is 1. The molecule has 6 rings (SSSR count). The van der Waals surface area contributed by atoms with Crippen LogP contribution in [0.15, 0.2) is 100 Å². The molecular weight excluding hydrogens is 576 g/mol. The first-order chi connectivity index (χ1) is 19.9. The van der Waals surface area contributed by atoms with Crippen LogP contribution in [0.25, 0.3) is 11.8 Å². The van der Waals surface area contributed by atoms with Crippen molar-refractivity contribution in [3.63, 3.8) is 0 Å². The van der Waals surface area contributed by atoms with Crippen LogP contribution in [0.2, 0.25) is 5.02 Å². The fraction of sp³-hybridized carbons (Fsp3) is 0.194. The van der Waals surface area contributed by atoms with Crippen LogP contribution in [0.3, 0.4) is 0 Å². The van der Waals surface area contributed by atoms with E-state index in [2.05, 4.69) is 19.8 Å². The van der Waals surface area contributed by atoms with Crippen LogP contribution < -0.4 is 9.47 Å². The lowest BCUT2D eigenvalue weighted by atomic mass is 9.82. The first-order valence-corrected chi connectivity index (χ1v) is 14.2. The van der Waals surface area contributed by atoms with Crippen molar-refractivity contribution in [2.24, 2.45) is 4.99 Å². The monoisotopic (exact) mass is 598 g/mol. The van der Waals surface area contributed by atoms with E-state index >= 15 is 0 Å². The number of amidine groups is 1. The van der Waals surface area contributed by atoms with Gasteiger partial charge in [-0.1, -0.05) is 59.8 Å². The van der Waals surface area contributed by atoms with Crippen LogP contribution in [-0.4, -0.2) is 23.3 Å². The summed E-state index contributed by atoms with van der Waals surface area (Å²) in [5.74, 6) is 0.192. The van der Waals surface area contributed by atoms with E-state index in [1.165, 1.54) is 23.9 Å². The molecule has 1 unspecified atom stereocenters. The van der Waals surface area contributed by atoms with Gasteiger partial charge in [0, 0.05) is 10.4 Å². The smallest absolute Gasteiger partial charge is 0.387 e. The van der Waals surface area contributed by atoms with E-state index in [0.717, 1.165) is 63.7 Å². The lowest BCUT2D eigenvalue weighted by Crippen LogP contribution is -2.34. The number of benzene rings is 3. The van der Waals surface area contributed by atoms with Crippen molar-refractivity contribution < 1.29 is 27.0 Å². The van der Waals surface area contributed by atoms with Gasteiger partial charge in [0.05, 0.1) is 17.4 Å². The molecule has 10 heteroatoms.